The summed E-state index contributed by atoms with van der Waals surface area (Å²) in [7, 11) is 1.56. The molecule has 112 valence electrons. The Hall–Kier alpha value is -2.07. The Morgan fingerprint density at radius 1 is 1.19 bits per heavy atom. The molecule has 4 heteroatoms. The zero-order chi connectivity index (χ0) is 15.4. The lowest BCUT2D eigenvalue weighted by Gasteiger charge is -2.16. The summed E-state index contributed by atoms with van der Waals surface area (Å²) < 4.78 is 25.1. The molecule has 0 aliphatic heterocycles. The van der Waals surface area contributed by atoms with E-state index < -0.39 is 5.82 Å². The van der Waals surface area contributed by atoms with Crippen LogP contribution < -0.4 is 15.2 Å². The smallest absolute Gasteiger partial charge is 0.169 e. The van der Waals surface area contributed by atoms with Gasteiger partial charge < -0.3 is 15.2 Å². The molecular weight excluding hydrogens is 269 g/mol. The number of hydrogen-bond donors (Lipinski definition) is 1. The molecule has 0 amide bonds. The zero-order valence-corrected chi connectivity index (χ0v) is 12.5. The third-order valence-electron chi connectivity index (χ3n) is 3.34. The summed E-state index contributed by atoms with van der Waals surface area (Å²) >= 11 is 0. The third kappa shape index (κ3) is 3.34. The van der Waals surface area contributed by atoms with Crippen molar-refractivity contribution in [3.05, 3.63) is 53.3 Å². The van der Waals surface area contributed by atoms with Crippen molar-refractivity contribution in [3.8, 4) is 17.2 Å². The normalized spacial score (nSPS) is 12.0. The lowest BCUT2D eigenvalue weighted by atomic mass is 10.1. The number of nitrogens with two attached hydrogens (primary N) is 1. The van der Waals surface area contributed by atoms with Gasteiger partial charge >= 0.3 is 0 Å². The summed E-state index contributed by atoms with van der Waals surface area (Å²) in [4.78, 5) is 0. The van der Waals surface area contributed by atoms with Crippen LogP contribution in [0.2, 0.25) is 0 Å². The minimum atomic E-state index is -0.438. The number of hydrogen-bond acceptors (Lipinski definition) is 3. The Kier molecular flexibility index (Phi) is 4.81. The highest BCUT2D eigenvalue weighted by Gasteiger charge is 2.16. The van der Waals surface area contributed by atoms with Gasteiger partial charge in [0.05, 0.1) is 7.11 Å². The fourth-order valence-corrected chi connectivity index (χ4v) is 2.12. The summed E-state index contributed by atoms with van der Waals surface area (Å²) in [6.07, 6.45) is 0.890. The summed E-state index contributed by atoms with van der Waals surface area (Å²) in [6, 6.07) is 10.0. The average Bonchev–Trinajstić information content (AvgIpc) is 2.49. The Morgan fingerprint density at radius 3 is 2.57 bits per heavy atom. The van der Waals surface area contributed by atoms with E-state index in [1.807, 2.05) is 12.1 Å². The van der Waals surface area contributed by atoms with E-state index in [1.165, 1.54) is 6.07 Å². The molecule has 0 bridgehead atoms. The van der Waals surface area contributed by atoms with Crippen LogP contribution >= 0.6 is 0 Å². The van der Waals surface area contributed by atoms with Crippen molar-refractivity contribution in [1.29, 1.82) is 0 Å². The molecule has 2 aromatic carbocycles. The van der Waals surface area contributed by atoms with Crippen molar-refractivity contribution in [1.82, 2.24) is 0 Å². The van der Waals surface area contributed by atoms with Crippen LogP contribution in [-0.2, 0) is 6.42 Å². The maximum atomic E-state index is 14.1. The lowest BCUT2D eigenvalue weighted by Crippen LogP contribution is -2.08. The van der Waals surface area contributed by atoms with Crippen molar-refractivity contribution < 1.29 is 13.9 Å². The lowest BCUT2D eigenvalue weighted by molar-refractivity contribution is 0.367. The highest BCUT2D eigenvalue weighted by molar-refractivity contribution is 5.47. The Labute approximate surface area is 124 Å². The molecule has 0 aliphatic carbocycles. The monoisotopic (exact) mass is 289 g/mol. The molecule has 2 N–H and O–H groups in total. The first-order valence-electron chi connectivity index (χ1n) is 6.95. The van der Waals surface area contributed by atoms with Crippen LogP contribution in [0.5, 0.6) is 17.2 Å². The number of ether oxygens (including phenoxy) is 2. The highest BCUT2D eigenvalue weighted by atomic mass is 19.1. The van der Waals surface area contributed by atoms with Gasteiger partial charge in [-0.25, -0.2) is 4.39 Å². The van der Waals surface area contributed by atoms with Crippen LogP contribution in [0.4, 0.5) is 4.39 Å². The van der Waals surface area contributed by atoms with Crippen molar-refractivity contribution >= 4 is 0 Å². The molecule has 0 aliphatic rings. The standard InChI is InChI=1S/C17H20FNO2/c1-4-12-8-9-15(16(10-12)20-3)21-17-13(11(2)19)6-5-7-14(17)18/h5-11H,4,19H2,1-3H3/t11-/m0/s1. The average molecular weight is 289 g/mol. The summed E-state index contributed by atoms with van der Waals surface area (Å²) in [5.74, 6) is 0.761. The minimum absolute atomic E-state index is 0.148. The molecule has 0 saturated carbocycles. The first-order valence-corrected chi connectivity index (χ1v) is 6.95. The molecule has 0 heterocycles. The van der Waals surface area contributed by atoms with Crippen LogP contribution in [0.25, 0.3) is 0 Å². The fraction of sp³-hybridized carbons (Fsp3) is 0.294. The van der Waals surface area contributed by atoms with Crippen molar-refractivity contribution in [2.24, 2.45) is 5.73 Å². The van der Waals surface area contributed by atoms with Crippen LogP contribution in [0.1, 0.15) is 31.0 Å². The summed E-state index contributed by atoms with van der Waals surface area (Å²) in [5.41, 5.74) is 7.62. The van der Waals surface area contributed by atoms with Gasteiger partial charge in [0, 0.05) is 11.6 Å². The maximum absolute atomic E-state index is 14.1. The first-order chi connectivity index (χ1) is 10.1. The van der Waals surface area contributed by atoms with E-state index in [2.05, 4.69) is 6.92 Å². The molecular formula is C17H20FNO2. The molecule has 0 saturated heterocycles. The van der Waals surface area contributed by atoms with Crippen LogP contribution in [0, 0.1) is 5.82 Å². The van der Waals surface area contributed by atoms with Crippen molar-refractivity contribution in [2.45, 2.75) is 26.3 Å². The van der Waals surface area contributed by atoms with Crippen LogP contribution in [0.3, 0.4) is 0 Å². The predicted octanol–water partition coefficient (Wildman–Crippen LogP) is 4.21. The molecule has 0 radical (unpaired) electrons. The fourth-order valence-electron chi connectivity index (χ4n) is 2.12. The molecule has 21 heavy (non-hydrogen) atoms. The van der Waals surface area contributed by atoms with E-state index in [0.29, 0.717) is 17.1 Å². The topological polar surface area (TPSA) is 44.5 Å². The number of para-hydroxylation sites is 1. The second-order valence-corrected chi connectivity index (χ2v) is 4.89. The third-order valence-corrected chi connectivity index (χ3v) is 3.34. The van der Waals surface area contributed by atoms with Crippen LogP contribution in [-0.4, -0.2) is 7.11 Å². The molecule has 2 aromatic rings. The van der Waals surface area contributed by atoms with Crippen molar-refractivity contribution in [2.75, 3.05) is 7.11 Å². The number of aryl methyl sites for hydroxylation is 1. The SMILES string of the molecule is CCc1ccc(Oc2c(F)cccc2[C@H](C)N)c(OC)c1. The highest BCUT2D eigenvalue weighted by Crippen LogP contribution is 2.36. The molecule has 0 aromatic heterocycles. The van der Waals surface area contributed by atoms with Gasteiger partial charge in [0.2, 0.25) is 0 Å². The zero-order valence-electron chi connectivity index (χ0n) is 12.5. The molecule has 2 rings (SSSR count). The Morgan fingerprint density at radius 2 is 1.95 bits per heavy atom. The summed E-state index contributed by atoms with van der Waals surface area (Å²) in [5, 5.41) is 0. The van der Waals surface area contributed by atoms with Gasteiger partial charge in [0.1, 0.15) is 0 Å². The molecule has 1 atom stereocenters. The molecule has 0 fully saturated rings. The van der Waals surface area contributed by atoms with Gasteiger partial charge in [-0.05, 0) is 37.1 Å². The second-order valence-electron chi connectivity index (χ2n) is 4.89. The quantitative estimate of drug-likeness (QED) is 0.896. The Balaban J connectivity index is 2.43. The second kappa shape index (κ2) is 6.59. The van der Waals surface area contributed by atoms with E-state index in [1.54, 1.807) is 32.2 Å². The largest absolute Gasteiger partial charge is 0.493 e. The van der Waals surface area contributed by atoms with Gasteiger partial charge in [-0.15, -0.1) is 0 Å². The predicted molar refractivity (Wildman–Crippen MR) is 81.4 cm³/mol. The molecule has 0 unspecified atom stereocenters. The van der Waals surface area contributed by atoms with Gasteiger partial charge in [0.15, 0.2) is 23.1 Å². The van der Waals surface area contributed by atoms with E-state index >= 15 is 0 Å². The first kappa shape index (κ1) is 15.3. The number of methoxy groups -OCH3 is 1. The van der Waals surface area contributed by atoms with Gasteiger partial charge in [0.25, 0.3) is 0 Å². The maximum Gasteiger partial charge on any atom is 0.169 e. The van der Waals surface area contributed by atoms with Gasteiger partial charge in [-0.2, -0.15) is 0 Å². The van der Waals surface area contributed by atoms with Crippen molar-refractivity contribution in [3.63, 3.8) is 0 Å². The molecule has 3 nitrogen and oxygen atoms in total. The Bertz CT molecular complexity index is 626. The van der Waals surface area contributed by atoms with E-state index in [0.717, 1.165) is 12.0 Å². The number of rotatable bonds is 5. The van der Waals surface area contributed by atoms with Crippen LogP contribution in [0.15, 0.2) is 36.4 Å². The van der Waals surface area contributed by atoms with E-state index in [4.69, 9.17) is 15.2 Å². The van der Waals surface area contributed by atoms with E-state index in [9.17, 15) is 4.39 Å². The van der Waals surface area contributed by atoms with Gasteiger partial charge in [-0.1, -0.05) is 25.1 Å². The van der Waals surface area contributed by atoms with E-state index in [-0.39, 0.29) is 11.8 Å². The van der Waals surface area contributed by atoms with Gasteiger partial charge in [-0.3, -0.25) is 0 Å². The summed E-state index contributed by atoms with van der Waals surface area (Å²) in [6.45, 7) is 3.85. The minimum Gasteiger partial charge on any atom is -0.493 e. The number of benzene rings is 2. The number of halogens is 1. The molecule has 0 spiro atoms.